The highest BCUT2D eigenvalue weighted by Crippen LogP contribution is 2.32. The maximum atomic E-state index is 11.7. The van der Waals surface area contributed by atoms with Crippen LogP contribution in [0.3, 0.4) is 0 Å². The molecule has 0 radical (unpaired) electrons. The van der Waals surface area contributed by atoms with E-state index in [-0.39, 0.29) is 5.56 Å². The predicted octanol–water partition coefficient (Wildman–Crippen LogP) is 2.04. The van der Waals surface area contributed by atoms with E-state index in [9.17, 15) is 4.79 Å². The van der Waals surface area contributed by atoms with Crippen LogP contribution in [0.2, 0.25) is 0 Å². The van der Waals surface area contributed by atoms with Crippen LogP contribution in [0.15, 0.2) is 34.2 Å². The molecule has 3 rings (SSSR count). The van der Waals surface area contributed by atoms with Crippen LogP contribution in [0.4, 0.5) is 0 Å². The molecule has 20 heavy (non-hydrogen) atoms. The van der Waals surface area contributed by atoms with E-state index in [1.165, 1.54) is 6.33 Å². The molecule has 0 spiro atoms. The van der Waals surface area contributed by atoms with Gasteiger partial charge in [-0.2, -0.15) is 0 Å². The lowest BCUT2D eigenvalue weighted by Crippen LogP contribution is -2.05. The van der Waals surface area contributed by atoms with Gasteiger partial charge in [0.2, 0.25) is 0 Å². The molecule has 0 aliphatic rings. The normalized spacial score (nSPS) is 10.9. The van der Waals surface area contributed by atoms with E-state index < -0.39 is 0 Å². The van der Waals surface area contributed by atoms with Gasteiger partial charge in [0.15, 0.2) is 11.2 Å². The van der Waals surface area contributed by atoms with Gasteiger partial charge in [0.1, 0.15) is 11.6 Å². The highest BCUT2D eigenvalue weighted by Gasteiger charge is 2.13. The lowest BCUT2D eigenvalue weighted by Gasteiger charge is -2.07. The van der Waals surface area contributed by atoms with E-state index in [0.717, 1.165) is 10.5 Å². The van der Waals surface area contributed by atoms with Gasteiger partial charge in [-0.25, -0.2) is 9.97 Å². The molecule has 2 aromatic heterocycles. The molecule has 0 atom stereocenters. The summed E-state index contributed by atoms with van der Waals surface area (Å²) in [4.78, 5) is 26.6. The number of hydrogen-bond donors (Lipinski definition) is 2. The van der Waals surface area contributed by atoms with Crippen molar-refractivity contribution in [2.24, 2.45) is 0 Å². The minimum atomic E-state index is -0.242. The van der Waals surface area contributed by atoms with Crippen molar-refractivity contribution in [1.82, 2.24) is 19.9 Å². The highest BCUT2D eigenvalue weighted by atomic mass is 32.2. The summed E-state index contributed by atoms with van der Waals surface area (Å²) in [5.41, 5.74) is 1.30. The van der Waals surface area contributed by atoms with Crippen LogP contribution in [-0.2, 0) is 0 Å². The second-order valence-corrected chi connectivity index (χ2v) is 4.96. The van der Waals surface area contributed by atoms with Gasteiger partial charge in [0.25, 0.3) is 5.56 Å². The number of methoxy groups -OCH3 is 1. The summed E-state index contributed by atoms with van der Waals surface area (Å²) in [6.45, 7) is 0. The summed E-state index contributed by atoms with van der Waals surface area (Å²) in [7, 11) is 1.61. The van der Waals surface area contributed by atoms with Crippen molar-refractivity contribution in [2.75, 3.05) is 13.4 Å². The summed E-state index contributed by atoms with van der Waals surface area (Å²) in [5.74, 6) is 1.26. The number of ether oxygens (including phenoxy) is 1. The number of fused-ring (bicyclic) bond motifs is 1. The molecule has 0 amide bonds. The predicted molar refractivity (Wildman–Crippen MR) is 78.3 cm³/mol. The molecule has 0 fully saturated rings. The fourth-order valence-electron chi connectivity index (χ4n) is 1.96. The molecule has 1 aromatic carbocycles. The first-order valence-electron chi connectivity index (χ1n) is 5.88. The quantitative estimate of drug-likeness (QED) is 0.721. The van der Waals surface area contributed by atoms with Crippen molar-refractivity contribution in [3.8, 4) is 17.1 Å². The van der Waals surface area contributed by atoms with Crippen LogP contribution in [0.25, 0.3) is 22.6 Å². The number of aromatic nitrogens is 4. The molecular weight excluding hydrogens is 276 g/mol. The number of nitrogens with zero attached hydrogens (tertiary/aromatic N) is 2. The third-order valence-electron chi connectivity index (χ3n) is 2.96. The first kappa shape index (κ1) is 12.7. The topological polar surface area (TPSA) is 83.7 Å². The zero-order valence-corrected chi connectivity index (χ0v) is 11.7. The maximum absolute atomic E-state index is 11.7. The van der Waals surface area contributed by atoms with E-state index in [2.05, 4.69) is 19.9 Å². The smallest absolute Gasteiger partial charge is 0.276 e. The van der Waals surface area contributed by atoms with Gasteiger partial charge in [-0.3, -0.25) is 4.79 Å². The lowest BCUT2D eigenvalue weighted by molar-refractivity contribution is 0.415. The summed E-state index contributed by atoms with van der Waals surface area (Å²) in [5, 5.41) is 0. The van der Waals surface area contributed by atoms with Crippen molar-refractivity contribution in [1.29, 1.82) is 0 Å². The van der Waals surface area contributed by atoms with Gasteiger partial charge in [-0.15, -0.1) is 11.8 Å². The van der Waals surface area contributed by atoms with E-state index in [0.29, 0.717) is 22.7 Å². The zero-order chi connectivity index (χ0) is 14.1. The summed E-state index contributed by atoms with van der Waals surface area (Å²) in [6, 6.07) is 5.83. The van der Waals surface area contributed by atoms with Crippen LogP contribution in [0.5, 0.6) is 5.75 Å². The molecule has 0 aliphatic heterocycles. The van der Waals surface area contributed by atoms with Crippen molar-refractivity contribution in [3.63, 3.8) is 0 Å². The first-order valence-corrected chi connectivity index (χ1v) is 7.11. The van der Waals surface area contributed by atoms with Crippen molar-refractivity contribution >= 4 is 22.9 Å². The average Bonchev–Trinajstić information content (AvgIpc) is 2.92. The van der Waals surface area contributed by atoms with E-state index >= 15 is 0 Å². The Labute approximate surface area is 118 Å². The zero-order valence-electron chi connectivity index (χ0n) is 10.9. The van der Waals surface area contributed by atoms with E-state index in [1.54, 1.807) is 18.9 Å². The summed E-state index contributed by atoms with van der Waals surface area (Å²) >= 11 is 1.63. The summed E-state index contributed by atoms with van der Waals surface area (Å²) < 4.78 is 5.39. The summed E-state index contributed by atoms with van der Waals surface area (Å²) in [6.07, 6.45) is 3.34. The Hall–Kier alpha value is -2.28. The number of rotatable bonds is 3. The lowest BCUT2D eigenvalue weighted by atomic mass is 10.2. The van der Waals surface area contributed by atoms with Crippen LogP contribution in [0.1, 0.15) is 0 Å². The van der Waals surface area contributed by atoms with Crippen LogP contribution < -0.4 is 10.3 Å². The van der Waals surface area contributed by atoms with Gasteiger partial charge in [0.05, 0.1) is 19.0 Å². The van der Waals surface area contributed by atoms with E-state index in [4.69, 9.17) is 4.74 Å². The third kappa shape index (κ3) is 2.05. The molecule has 3 aromatic rings. The molecule has 6 nitrogen and oxygen atoms in total. The van der Waals surface area contributed by atoms with Crippen LogP contribution in [0, 0.1) is 0 Å². The Morgan fingerprint density at radius 1 is 1.35 bits per heavy atom. The van der Waals surface area contributed by atoms with Crippen LogP contribution in [-0.4, -0.2) is 33.3 Å². The number of thioether (sulfide) groups is 1. The molecule has 7 heteroatoms. The Bertz CT molecular complexity index is 825. The second kappa shape index (κ2) is 5.01. The standard InChI is InChI=1S/C13H12N4O2S/c1-19-9-5-7(20-2)3-4-8(9)11-16-10-12(17-11)14-6-15-13(10)18/h3-6H,1-2H3,(H2,14,15,16,17,18). The Morgan fingerprint density at radius 3 is 2.90 bits per heavy atom. The SMILES string of the molecule is COc1cc(SC)ccc1-c1nc2nc[nH]c(=O)c2[nH]1. The Balaban J connectivity index is 2.20. The van der Waals surface area contributed by atoms with Gasteiger partial charge < -0.3 is 14.7 Å². The molecule has 102 valence electrons. The molecule has 0 saturated heterocycles. The first-order chi connectivity index (χ1) is 9.72. The monoisotopic (exact) mass is 288 g/mol. The number of hydrogen-bond acceptors (Lipinski definition) is 5. The van der Waals surface area contributed by atoms with Gasteiger partial charge in [-0.05, 0) is 24.5 Å². The minimum Gasteiger partial charge on any atom is -0.496 e. The largest absolute Gasteiger partial charge is 0.496 e. The van der Waals surface area contributed by atoms with Crippen LogP contribution >= 0.6 is 11.8 Å². The number of aromatic amines is 2. The minimum absolute atomic E-state index is 0.242. The Kier molecular flexibility index (Phi) is 3.19. The maximum Gasteiger partial charge on any atom is 0.276 e. The fraction of sp³-hybridized carbons (Fsp3) is 0.154. The number of H-pyrrole nitrogens is 2. The van der Waals surface area contributed by atoms with Gasteiger partial charge in [0, 0.05) is 4.90 Å². The van der Waals surface area contributed by atoms with Crippen molar-refractivity contribution in [2.45, 2.75) is 4.90 Å². The molecule has 2 heterocycles. The average molecular weight is 288 g/mol. The number of benzene rings is 1. The third-order valence-corrected chi connectivity index (χ3v) is 3.68. The van der Waals surface area contributed by atoms with E-state index in [1.807, 2.05) is 24.5 Å². The molecule has 0 bridgehead atoms. The van der Waals surface area contributed by atoms with Gasteiger partial charge in [-0.1, -0.05) is 0 Å². The molecule has 0 saturated carbocycles. The Morgan fingerprint density at radius 2 is 2.20 bits per heavy atom. The van der Waals surface area contributed by atoms with Crippen molar-refractivity contribution < 1.29 is 4.74 Å². The molecule has 0 unspecified atom stereocenters. The molecular formula is C13H12N4O2S. The van der Waals surface area contributed by atoms with Crippen molar-refractivity contribution in [3.05, 3.63) is 34.9 Å². The number of imidazole rings is 1. The van der Waals surface area contributed by atoms with Gasteiger partial charge >= 0.3 is 0 Å². The fourth-order valence-corrected chi connectivity index (χ4v) is 2.39. The second-order valence-electron chi connectivity index (χ2n) is 4.08. The number of nitrogens with one attached hydrogen (secondary N) is 2. The highest BCUT2D eigenvalue weighted by molar-refractivity contribution is 7.98. The molecule has 2 N–H and O–H groups in total. The molecule has 0 aliphatic carbocycles.